The smallest absolute Gasteiger partial charge is 0.313 e. The number of hydrogen-bond donors (Lipinski definition) is 2. The molecule has 2 nitrogen and oxygen atoms in total. The fourth-order valence-corrected chi connectivity index (χ4v) is 1.76. The number of nitrogens with one attached hydrogen (secondary N) is 2. The van der Waals surface area contributed by atoms with E-state index in [1.54, 1.807) is 0 Å². The highest BCUT2D eigenvalue weighted by atomic mass is 19.4. The molecule has 1 saturated carbocycles. The first-order valence-electron chi connectivity index (χ1n) is 6.26. The van der Waals surface area contributed by atoms with E-state index in [4.69, 9.17) is 0 Å². The van der Waals surface area contributed by atoms with Crippen molar-refractivity contribution in [3.63, 3.8) is 0 Å². The van der Waals surface area contributed by atoms with E-state index in [-0.39, 0.29) is 12.1 Å². The molecule has 1 aliphatic rings. The summed E-state index contributed by atoms with van der Waals surface area (Å²) in [6, 6.07) is 3.07. The van der Waals surface area contributed by atoms with Crippen LogP contribution < -0.4 is 10.6 Å². The monoisotopic (exact) mass is 276 g/mol. The van der Waals surface area contributed by atoms with Gasteiger partial charge in [0.15, 0.2) is 0 Å². The lowest BCUT2D eigenvalue weighted by atomic mass is 10.1. The maximum Gasteiger partial charge on any atom is 0.416 e. The summed E-state index contributed by atoms with van der Waals surface area (Å²) < 4.78 is 50.8. The zero-order valence-electron chi connectivity index (χ0n) is 10.4. The SMILES string of the molecule is Fc1ccc(C(F)(F)F)cc1CNCCNC1CC1. The molecule has 0 spiro atoms. The van der Waals surface area contributed by atoms with Gasteiger partial charge < -0.3 is 10.6 Å². The summed E-state index contributed by atoms with van der Waals surface area (Å²) in [5.41, 5.74) is -0.775. The third-order valence-corrected chi connectivity index (χ3v) is 3.00. The van der Waals surface area contributed by atoms with E-state index >= 15 is 0 Å². The van der Waals surface area contributed by atoms with Gasteiger partial charge in [-0.2, -0.15) is 13.2 Å². The van der Waals surface area contributed by atoms with Crippen LogP contribution in [0.4, 0.5) is 17.6 Å². The van der Waals surface area contributed by atoms with Gasteiger partial charge in [0.05, 0.1) is 5.56 Å². The minimum absolute atomic E-state index is 0.0428. The van der Waals surface area contributed by atoms with Crippen molar-refractivity contribution < 1.29 is 17.6 Å². The van der Waals surface area contributed by atoms with Gasteiger partial charge in [-0.1, -0.05) is 0 Å². The molecule has 6 heteroatoms. The molecular weight excluding hydrogens is 260 g/mol. The Morgan fingerprint density at radius 2 is 1.89 bits per heavy atom. The van der Waals surface area contributed by atoms with Gasteiger partial charge in [0.1, 0.15) is 5.82 Å². The Morgan fingerprint density at radius 1 is 1.16 bits per heavy atom. The van der Waals surface area contributed by atoms with Crippen LogP contribution in [0.1, 0.15) is 24.0 Å². The maximum atomic E-state index is 13.4. The van der Waals surface area contributed by atoms with E-state index in [0.717, 1.165) is 24.7 Å². The van der Waals surface area contributed by atoms with E-state index in [9.17, 15) is 17.6 Å². The Morgan fingerprint density at radius 3 is 2.53 bits per heavy atom. The molecule has 0 aliphatic heterocycles. The Kier molecular flexibility index (Phi) is 4.42. The average molecular weight is 276 g/mol. The molecule has 0 bridgehead atoms. The summed E-state index contributed by atoms with van der Waals surface area (Å²) in [6.07, 6.45) is -2.07. The molecule has 1 fully saturated rings. The zero-order chi connectivity index (χ0) is 13.9. The lowest BCUT2D eigenvalue weighted by molar-refractivity contribution is -0.137. The van der Waals surface area contributed by atoms with Crippen LogP contribution in [0.5, 0.6) is 0 Å². The van der Waals surface area contributed by atoms with E-state index in [2.05, 4.69) is 10.6 Å². The number of hydrogen-bond acceptors (Lipinski definition) is 2. The molecule has 1 aromatic rings. The van der Waals surface area contributed by atoms with Gasteiger partial charge in [-0.05, 0) is 31.0 Å². The lowest BCUT2D eigenvalue weighted by Crippen LogP contribution is -2.28. The highest BCUT2D eigenvalue weighted by molar-refractivity contribution is 5.27. The van der Waals surface area contributed by atoms with Crippen molar-refractivity contribution in [1.82, 2.24) is 10.6 Å². The first-order chi connectivity index (χ1) is 8.97. The number of alkyl halides is 3. The summed E-state index contributed by atoms with van der Waals surface area (Å²) in [4.78, 5) is 0. The van der Waals surface area contributed by atoms with Crippen molar-refractivity contribution in [2.45, 2.75) is 31.6 Å². The van der Waals surface area contributed by atoms with Crippen LogP contribution in [0.15, 0.2) is 18.2 Å². The van der Waals surface area contributed by atoms with Crippen molar-refractivity contribution in [1.29, 1.82) is 0 Å². The molecule has 0 unspecified atom stereocenters. The minimum Gasteiger partial charge on any atom is -0.313 e. The summed E-state index contributed by atoms with van der Waals surface area (Å²) in [5.74, 6) is -0.615. The Hall–Kier alpha value is -1.14. The van der Waals surface area contributed by atoms with Gasteiger partial charge >= 0.3 is 6.18 Å². The fraction of sp³-hybridized carbons (Fsp3) is 0.538. The van der Waals surface area contributed by atoms with Crippen molar-refractivity contribution in [3.05, 3.63) is 35.1 Å². The second kappa shape index (κ2) is 5.88. The molecule has 1 aromatic carbocycles. The predicted octanol–water partition coefficient (Wildman–Crippen LogP) is 2.69. The summed E-state index contributed by atoms with van der Waals surface area (Å²) in [7, 11) is 0. The Bertz CT molecular complexity index is 427. The van der Waals surface area contributed by atoms with E-state index in [1.165, 1.54) is 12.8 Å². The average Bonchev–Trinajstić information content (AvgIpc) is 3.13. The van der Waals surface area contributed by atoms with E-state index < -0.39 is 17.6 Å². The standard InChI is InChI=1S/C13H16F4N2/c14-12-4-1-10(13(15,16)17)7-9(12)8-18-5-6-19-11-2-3-11/h1,4,7,11,18-19H,2-3,5-6,8H2. The fourth-order valence-electron chi connectivity index (χ4n) is 1.76. The molecule has 0 radical (unpaired) electrons. The normalized spacial score (nSPS) is 15.8. The first kappa shape index (κ1) is 14.3. The molecular formula is C13H16F4N2. The van der Waals surface area contributed by atoms with Gasteiger partial charge in [0.25, 0.3) is 0 Å². The Labute approximate surface area is 109 Å². The number of halogens is 4. The Balaban J connectivity index is 1.83. The molecule has 0 amide bonds. The van der Waals surface area contributed by atoms with Crippen LogP contribution in [0, 0.1) is 5.82 Å². The molecule has 0 heterocycles. The van der Waals surface area contributed by atoms with Crippen LogP contribution in [-0.4, -0.2) is 19.1 Å². The van der Waals surface area contributed by atoms with Gasteiger partial charge in [0.2, 0.25) is 0 Å². The van der Waals surface area contributed by atoms with Gasteiger partial charge in [-0.25, -0.2) is 4.39 Å². The minimum atomic E-state index is -4.43. The summed E-state index contributed by atoms with van der Waals surface area (Å²) in [6.45, 7) is 1.44. The number of rotatable bonds is 6. The summed E-state index contributed by atoms with van der Waals surface area (Å²) in [5, 5.41) is 6.19. The van der Waals surface area contributed by atoms with Gasteiger partial charge in [-0.15, -0.1) is 0 Å². The highest BCUT2D eigenvalue weighted by Gasteiger charge is 2.30. The van der Waals surface area contributed by atoms with Crippen LogP contribution in [0.2, 0.25) is 0 Å². The van der Waals surface area contributed by atoms with Crippen LogP contribution in [-0.2, 0) is 12.7 Å². The van der Waals surface area contributed by atoms with Crippen LogP contribution in [0.3, 0.4) is 0 Å². The van der Waals surface area contributed by atoms with Crippen LogP contribution >= 0.6 is 0 Å². The first-order valence-corrected chi connectivity index (χ1v) is 6.26. The molecule has 2 N–H and O–H groups in total. The van der Waals surface area contributed by atoms with Crippen molar-refractivity contribution in [3.8, 4) is 0 Å². The van der Waals surface area contributed by atoms with E-state index in [0.29, 0.717) is 12.6 Å². The topological polar surface area (TPSA) is 24.1 Å². The quantitative estimate of drug-likeness (QED) is 0.616. The molecule has 0 aromatic heterocycles. The summed E-state index contributed by atoms with van der Waals surface area (Å²) >= 11 is 0. The van der Waals surface area contributed by atoms with Crippen LogP contribution in [0.25, 0.3) is 0 Å². The molecule has 0 saturated heterocycles. The molecule has 19 heavy (non-hydrogen) atoms. The molecule has 0 atom stereocenters. The predicted molar refractivity (Wildman–Crippen MR) is 64.1 cm³/mol. The van der Waals surface area contributed by atoms with Crippen molar-refractivity contribution >= 4 is 0 Å². The lowest BCUT2D eigenvalue weighted by Gasteiger charge is -2.11. The van der Waals surface area contributed by atoms with Crippen molar-refractivity contribution in [2.24, 2.45) is 0 Å². The van der Waals surface area contributed by atoms with Gasteiger partial charge in [-0.3, -0.25) is 0 Å². The number of benzene rings is 1. The van der Waals surface area contributed by atoms with E-state index in [1.807, 2.05) is 0 Å². The second-order valence-electron chi connectivity index (χ2n) is 4.71. The molecule has 1 aliphatic carbocycles. The third kappa shape index (κ3) is 4.47. The highest BCUT2D eigenvalue weighted by Crippen LogP contribution is 2.30. The van der Waals surface area contributed by atoms with Crippen molar-refractivity contribution in [2.75, 3.05) is 13.1 Å². The largest absolute Gasteiger partial charge is 0.416 e. The van der Waals surface area contributed by atoms with Gasteiger partial charge in [0, 0.05) is 31.2 Å². The molecule has 106 valence electrons. The maximum absolute atomic E-state index is 13.4. The zero-order valence-corrected chi connectivity index (χ0v) is 10.4. The molecule has 2 rings (SSSR count). The second-order valence-corrected chi connectivity index (χ2v) is 4.71. The third-order valence-electron chi connectivity index (χ3n) is 3.00.